The Morgan fingerprint density at radius 1 is 1.00 bits per heavy atom. The zero-order chi connectivity index (χ0) is 21.4. The van der Waals surface area contributed by atoms with E-state index in [9.17, 15) is 41.3 Å². The van der Waals surface area contributed by atoms with Gasteiger partial charge in [-0.1, -0.05) is 27.7 Å². The summed E-state index contributed by atoms with van der Waals surface area (Å²) in [6.45, 7) is 3.90. The van der Waals surface area contributed by atoms with Crippen LogP contribution in [0.4, 0.5) is 0 Å². The number of rotatable bonds is 10. The van der Waals surface area contributed by atoms with Gasteiger partial charge in [0.2, 0.25) is 0 Å². The number of hydrogen-bond donors (Lipinski definition) is 3. The van der Waals surface area contributed by atoms with Crippen LogP contribution in [0.5, 0.6) is 0 Å². The number of phosphoric acid groups is 1. The van der Waals surface area contributed by atoms with Crippen molar-refractivity contribution in [2.75, 3.05) is 0 Å². The van der Waals surface area contributed by atoms with Gasteiger partial charge in [-0.15, -0.1) is 0 Å². The first-order chi connectivity index (χ1) is 11.1. The van der Waals surface area contributed by atoms with E-state index in [4.69, 9.17) is 9.79 Å². The molecule has 0 heterocycles. The Labute approximate surface area is 236 Å². The second-order valence-electron chi connectivity index (χ2n) is 6.80. The van der Waals surface area contributed by atoms with Gasteiger partial charge in [0.15, 0.2) is 7.60 Å². The fourth-order valence-electron chi connectivity index (χ4n) is 2.51. The Morgan fingerprint density at radius 3 is 1.62 bits per heavy atom. The van der Waals surface area contributed by atoms with Crippen LogP contribution in [0, 0.1) is 0 Å². The van der Waals surface area contributed by atoms with E-state index in [-0.39, 0.29) is 95.1 Å². The van der Waals surface area contributed by atoms with Gasteiger partial charge in [0.05, 0.1) is 15.4 Å². The first kappa shape index (κ1) is 39.6. The molecule has 0 amide bonds. The molecule has 158 valence electrons. The average Bonchev–Trinajstić information content (AvgIpc) is 2.29. The molecule has 19 heteroatoms. The summed E-state index contributed by atoms with van der Waals surface area (Å²) in [5.41, 5.74) is 0. The molecule has 4 atom stereocenters. The molecule has 0 aliphatic rings. The van der Waals surface area contributed by atoms with Crippen LogP contribution in [0.3, 0.4) is 0 Å². The maximum atomic E-state index is 12.1. The monoisotopic (exact) mass is 528 g/mol. The minimum Gasteiger partial charge on any atom is -0.778 e. The molecule has 12 nitrogen and oxygen atoms in total. The zero-order valence-electron chi connectivity index (χ0n) is 17.5. The van der Waals surface area contributed by atoms with E-state index < -0.39 is 61.5 Å². The van der Waals surface area contributed by atoms with Gasteiger partial charge < -0.3 is 38.1 Å². The summed E-state index contributed by atoms with van der Waals surface area (Å²) in [7, 11) is -21.2. The van der Waals surface area contributed by atoms with Gasteiger partial charge in [-0.05, 0) is 19.3 Å². The molecule has 3 N–H and O–H groups in total. The minimum absolute atomic E-state index is 0. The molecule has 0 fully saturated rings. The summed E-state index contributed by atoms with van der Waals surface area (Å²) in [5, 5.41) is -6.37. The van der Waals surface area contributed by atoms with Crippen molar-refractivity contribution in [1.82, 2.24) is 0 Å². The normalized spacial score (nSPS) is 19.8. The first-order valence-corrected chi connectivity index (χ1v) is 13.3. The summed E-state index contributed by atoms with van der Waals surface area (Å²) >= 11 is 0. The summed E-state index contributed by atoms with van der Waals surface area (Å²) in [6, 6.07) is 0. The van der Waals surface area contributed by atoms with Crippen LogP contribution in [0.2, 0.25) is 0 Å². The molecule has 0 radical (unpaired) electrons. The summed E-state index contributed by atoms with van der Waals surface area (Å²) in [4.78, 5) is 50.8. The Hall–Kier alpha value is 3.36. The second-order valence-corrected chi connectivity index (χ2v) is 14.4. The fraction of sp³-hybridized carbons (Fsp3) is 1.00. The number of hydrogen-bond acceptors (Lipinski definition) is 9. The third-order valence-corrected chi connectivity index (χ3v) is 10.4. The van der Waals surface area contributed by atoms with Crippen molar-refractivity contribution in [2.45, 2.75) is 62.5 Å². The Balaban J connectivity index is -0.00000104. The van der Waals surface area contributed by atoms with E-state index in [1.807, 2.05) is 0 Å². The molecule has 29 heavy (non-hydrogen) atoms. The van der Waals surface area contributed by atoms with Crippen LogP contribution in [0.15, 0.2) is 0 Å². The van der Waals surface area contributed by atoms with Crippen LogP contribution in [-0.2, 0) is 28.1 Å². The Kier molecular flexibility index (Phi) is 18.4. The molecule has 0 aromatic heterocycles. The van der Waals surface area contributed by atoms with Gasteiger partial charge in [0.25, 0.3) is 0 Å². The minimum atomic E-state index is -5.48. The van der Waals surface area contributed by atoms with Crippen LogP contribution >= 0.6 is 23.0 Å². The van der Waals surface area contributed by atoms with E-state index in [0.29, 0.717) is 0 Å². The summed E-state index contributed by atoms with van der Waals surface area (Å²) < 4.78 is 72.2. The predicted octanol–water partition coefficient (Wildman–Crippen LogP) is -9.15. The smallest absolute Gasteiger partial charge is 0.778 e. The largest absolute Gasteiger partial charge is 1.00 e. The van der Waals surface area contributed by atoms with Crippen LogP contribution in [0.25, 0.3) is 0 Å². The van der Waals surface area contributed by atoms with Crippen molar-refractivity contribution in [2.24, 2.45) is 0 Å². The molecule has 0 rings (SSSR count). The van der Waals surface area contributed by atoms with Gasteiger partial charge >= 0.3 is 96.5 Å². The molecule has 4 unspecified atom stereocenters. The molecule has 0 aromatic rings. The van der Waals surface area contributed by atoms with Gasteiger partial charge in [0.1, 0.15) is 7.60 Å². The van der Waals surface area contributed by atoms with E-state index in [0.717, 1.165) is 20.8 Å². The standard InChI is InChI=1S/C10H25O12P3S.3Na/c1-5-8(26(19,20)21)6-10(4,23(11,12)13)7-9(2,3)24(14,15)22-25(16,17)18;;;/h8H,5-7H2,1-4H3,(H,14,15)(H2,11,12,13)(H2,16,17,18)(H,19,20,21);;;/q;3*+1/p-3. The maximum Gasteiger partial charge on any atom is 1.00 e. The van der Waals surface area contributed by atoms with Crippen molar-refractivity contribution < 1.29 is 144 Å². The Bertz CT molecular complexity index is 763. The topological polar surface area (TPSA) is 224 Å². The molecule has 0 aromatic carbocycles. The van der Waals surface area contributed by atoms with Crippen LogP contribution in [-0.4, -0.2) is 43.2 Å². The maximum absolute atomic E-state index is 12.1. The third kappa shape index (κ3) is 12.6. The predicted molar refractivity (Wildman–Crippen MR) is 86.1 cm³/mol. The van der Waals surface area contributed by atoms with E-state index >= 15 is 0 Å². The fourth-order valence-corrected chi connectivity index (χ4v) is 7.33. The Morgan fingerprint density at radius 2 is 1.38 bits per heavy atom. The summed E-state index contributed by atoms with van der Waals surface area (Å²) in [6.07, 6.45) is -2.19. The molecule has 0 saturated heterocycles. The molecule has 0 spiro atoms. The van der Waals surface area contributed by atoms with Crippen LogP contribution in [0.1, 0.15) is 47.0 Å². The van der Waals surface area contributed by atoms with Crippen LogP contribution < -0.4 is 98.5 Å². The molecule has 0 aliphatic heterocycles. The van der Waals surface area contributed by atoms with Crippen molar-refractivity contribution >= 4 is 33.1 Å². The van der Waals surface area contributed by atoms with Crippen molar-refractivity contribution in [3.05, 3.63) is 0 Å². The first-order valence-electron chi connectivity index (χ1n) is 7.15. The zero-order valence-corrected chi connectivity index (χ0v) is 27.0. The van der Waals surface area contributed by atoms with Gasteiger partial charge in [-0.2, -0.15) is 0 Å². The third-order valence-electron chi connectivity index (χ3n) is 3.98. The van der Waals surface area contributed by atoms with Gasteiger partial charge in [-0.25, -0.2) is 17.3 Å². The van der Waals surface area contributed by atoms with Gasteiger partial charge in [0, 0.05) is 10.3 Å². The van der Waals surface area contributed by atoms with E-state index in [2.05, 4.69) is 4.31 Å². The van der Waals surface area contributed by atoms with E-state index in [1.165, 1.54) is 6.92 Å². The molecule has 0 aliphatic carbocycles. The van der Waals surface area contributed by atoms with E-state index in [1.54, 1.807) is 0 Å². The SMILES string of the molecule is CCC(CC(C)(CC(C)(C)P(=O)([O-])OP(=O)(O)O)P(=O)([O-])O)S(=O)(=O)[O-].[Na+].[Na+].[Na+]. The van der Waals surface area contributed by atoms with Gasteiger partial charge in [-0.3, -0.25) is 0 Å². The summed E-state index contributed by atoms with van der Waals surface area (Å²) in [5.74, 6) is 0. The molecule has 0 saturated carbocycles. The van der Waals surface area contributed by atoms with Crippen molar-refractivity contribution in [3.8, 4) is 0 Å². The van der Waals surface area contributed by atoms with Crippen molar-refractivity contribution in [1.29, 1.82) is 0 Å². The molecular weight excluding hydrogens is 506 g/mol. The quantitative estimate of drug-likeness (QED) is 0.137. The molecular formula is C10H22Na3O12P3S. The molecule has 0 bridgehead atoms. The second kappa shape index (κ2) is 13.4. The average molecular weight is 528 g/mol. The van der Waals surface area contributed by atoms with Crippen molar-refractivity contribution in [3.63, 3.8) is 0 Å².